The number of methoxy groups -OCH3 is 1. The predicted molar refractivity (Wildman–Crippen MR) is 119 cm³/mol. The zero-order valence-corrected chi connectivity index (χ0v) is 18.7. The summed E-state index contributed by atoms with van der Waals surface area (Å²) < 4.78 is 16.3. The average molecular weight is 457 g/mol. The minimum Gasteiger partial charge on any atom is -0.474 e. The summed E-state index contributed by atoms with van der Waals surface area (Å²) in [6.07, 6.45) is 1.83. The molecule has 2 N–H and O–H groups in total. The van der Waals surface area contributed by atoms with Crippen molar-refractivity contribution in [1.82, 2.24) is 15.2 Å². The number of carbonyl (C=O) groups excluding carboxylic acids is 3. The zero-order chi connectivity index (χ0) is 23.4. The van der Waals surface area contributed by atoms with Crippen LogP contribution in [0.1, 0.15) is 33.4 Å². The molecular formula is C22H27N5O6. The summed E-state index contributed by atoms with van der Waals surface area (Å²) in [4.78, 5) is 45.2. The van der Waals surface area contributed by atoms with Crippen LogP contribution in [0.3, 0.4) is 0 Å². The van der Waals surface area contributed by atoms with Gasteiger partial charge in [0.15, 0.2) is 0 Å². The quantitative estimate of drug-likeness (QED) is 0.588. The maximum Gasteiger partial charge on any atom is 0.259 e. The first-order chi connectivity index (χ1) is 16.0. The molecule has 11 heteroatoms. The van der Waals surface area contributed by atoms with Gasteiger partial charge >= 0.3 is 0 Å². The molecule has 0 saturated carbocycles. The first-order valence-corrected chi connectivity index (χ1v) is 10.8. The lowest BCUT2D eigenvalue weighted by molar-refractivity contribution is -0.129. The van der Waals surface area contributed by atoms with E-state index in [1.165, 1.54) is 6.26 Å². The molecule has 2 aromatic rings. The average Bonchev–Trinajstić information content (AvgIpc) is 3.26. The molecule has 3 amide bonds. The number of ether oxygens (including phenoxy) is 2. The third-order valence-corrected chi connectivity index (χ3v) is 5.65. The van der Waals surface area contributed by atoms with Gasteiger partial charge in [0.2, 0.25) is 11.8 Å². The SMILES string of the molecule is COCCOc1nc(N2CCN(C(C)=O)CC2)ccc1NC(=O)c1coc2c1C(=O)NCC2. The van der Waals surface area contributed by atoms with Crippen LogP contribution in [0.2, 0.25) is 0 Å². The van der Waals surface area contributed by atoms with Gasteiger partial charge in [0.1, 0.15) is 30.1 Å². The van der Waals surface area contributed by atoms with E-state index >= 15 is 0 Å². The lowest BCUT2D eigenvalue weighted by Gasteiger charge is -2.35. The first kappa shape index (κ1) is 22.6. The van der Waals surface area contributed by atoms with E-state index in [0.717, 1.165) is 0 Å². The lowest BCUT2D eigenvalue weighted by atomic mass is 10.0. The van der Waals surface area contributed by atoms with Gasteiger partial charge in [-0.25, -0.2) is 0 Å². The largest absolute Gasteiger partial charge is 0.474 e. The van der Waals surface area contributed by atoms with E-state index in [9.17, 15) is 14.4 Å². The van der Waals surface area contributed by atoms with Crippen molar-refractivity contribution in [2.24, 2.45) is 0 Å². The molecule has 0 spiro atoms. The van der Waals surface area contributed by atoms with Crippen LogP contribution in [0, 0.1) is 0 Å². The zero-order valence-electron chi connectivity index (χ0n) is 18.7. The van der Waals surface area contributed by atoms with Crippen LogP contribution in [0.25, 0.3) is 0 Å². The van der Waals surface area contributed by atoms with E-state index in [4.69, 9.17) is 13.9 Å². The molecule has 33 heavy (non-hydrogen) atoms. The second kappa shape index (κ2) is 9.90. The number of rotatable bonds is 7. The highest BCUT2D eigenvalue weighted by molar-refractivity contribution is 6.13. The van der Waals surface area contributed by atoms with Crippen LogP contribution in [-0.4, -0.2) is 80.7 Å². The Morgan fingerprint density at radius 1 is 1.21 bits per heavy atom. The van der Waals surface area contributed by atoms with Crippen LogP contribution in [-0.2, 0) is 16.0 Å². The van der Waals surface area contributed by atoms with E-state index in [0.29, 0.717) is 63.0 Å². The second-order valence-corrected chi connectivity index (χ2v) is 7.76. The normalized spacial score (nSPS) is 15.6. The number of nitrogens with zero attached hydrogens (tertiary/aromatic N) is 3. The van der Waals surface area contributed by atoms with Crippen molar-refractivity contribution >= 4 is 29.2 Å². The Bertz CT molecular complexity index is 1040. The van der Waals surface area contributed by atoms with E-state index in [2.05, 4.69) is 20.5 Å². The summed E-state index contributed by atoms with van der Waals surface area (Å²) in [5.74, 6) is 0.665. The van der Waals surface area contributed by atoms with Crippen molar-refractivity contribution in [2.75, 3.05) is 63.3 Å². The summed E-state index contributed by atoms with van der Waals surface area (Å²) in [6.45, 7) is 5.16. The third-order valence-electron chi connectivity index (χ3n) is 5.65. The Morgan fingerprint density at radius 2 is 2.00 bits per heavy atom. The molecular weight excluding hydrogens is 430 g/mol. The number of furan rings is 1. The predicted octanol–water partition coefficient (Wildman–Crippen LogP) is 0.907. The first-order valence-electron chi connectivity index (χ1n) is 10.8. The van der Waals surface area contributed by atoms with Crippen molar-refractivity contribution in [1.29, 1.82) is 0 Å². The van der Waals surface area contributed by atoms with Gasteiger partial charge in [-0.3, -0.25) is 14.4 Å². The standard InChI is InChI=1S/C22H27N5O6/c1-14(28)26-7-9-27(10-8-26)18-4-3-16(22(25-18)32-12-11-31-2)24-20(29)15-13-33-17-5-6-23-21(30)19(15)17/h3-4,13H,5-12H2,1-2H3,(H,23,30)(H,24,29). The molecule has 2 aliphatic heterocycles. The number of fused-ring (bicyclic) bond motifs is 1. The van der Waals surface area contributed by atoms with Crippen LogP contribution in [0.4, 0.5) is 11.5 Å². The van der Waals surface area contributed by atoms with Crippen LogP contribution in [0.15, 0.2) is 22.8 Å². The fourth-order valence-electron chi connectivity index (χ4n) is 3.85. The van der Waals surface area contributed by atoms with Gasteiger partial charge in [-0.05, 0) is 12.1 Å². The van der Waals surface area contributed by atoms with Gasteiger partial charge in [-0.1, -0.05) is 0 Å². The van der Waals surface area contributed by atoms with E-state index in [-0.39, 0.29) is 35.4 Å². The van der Waals surface area contributed by atoms with Gasteiger partial charge in [0.25, 0.3) is 11.8 Å². The number of hydrogen-bond acceptors (Lipinski definition) is 8. The molecule has 0 unspecified atom stereocenters. The van der Waals surface area contributed by atoms with Crippen LogP contribution < -0.4 is 20.3 Å². The molecule has 0 atom stereocenters. The second-order valence-electron chi connectivity index (χ2n) is 7.76. The van der Waals surface area contributed by atoms with Gasteiger partial charge < -0.3 is 34.3 Å². The van der Waals surface area contributed by atoms with Crippen molar-refractivity contribution in [3.05, 3.63) is 35.3 Å². The topological polar surface area (TPSA) is 126 Å². The Hall–Kier alpha value is -3.60. The summed E-state index contributed by atoms with van der Waals surface area (Å²) in [5, 5.41) is 5.51. The number of amides is 3. The third kappa shape index (κ3) is 4.92. The van der Waals surface area contributed by atoms with E-state index < -0.39 is 5.91 Å². The highest BCUT2D eigenvalue weighted by Crippen LogP contribution is 2.28. The molecule has 2 aliphatic rings. The molecule has 0 aliphatic carbocycles. The smallest absolute Gasteiger partial charge is 0.259 e. The van der Waals surface area contributed by atoms with E-state index in [1.807, 2.05) is 0 Å². The number of carbonyl (C=O) groups is 3. The summed E-state index contributed by atoms with van der Waals surface area (Å²) >= 11 is 0. The number of nitrogens with one attached hydrogen (secondary N) is 2. The molecule has 2 aromatic heterocycles. The Labute approximate surface area is 191 Å². The molecule has 1 saturated heterocycles. The van der Waals surface area contributed by atoms with Crippen LogP contribution >= 0.6 is 0 Å². The molecule has 176 valence electrons. The lowest BCUT2D eigenvalue weighted by Crippen LogP contribution is -2.48. The number of pyridine rings is 1. The van der Waals surface area contributed by atoms with Crippen molar-refractivity contribution in [3.63, 3.8) is 0 Å². The summed E-state index contributed by atoms with van der Waals surface area (Å²) in [5.41, 5.74) is 0.788. The van der Waals surface area contributed by atoms with Gasteiger partial charge in [0.05, 0.1) is 17.7 Å². The molecule has 0 radical (unpaired) electrons. The fourth-order valence-corrected chi connectivity index (χ4v) is 3.85. The molecule has 4 rings (SSSR count). The highest BCUT2D eigenvalue weighted by Gasteiger charge is 2.28. The van der Waals surface area contributed by atoms with Gasteiger partial charge in [-0.2, -0.15) is 4.98 Å². The van der Waals surface area contributed by atoms with E-state index in [1.54, 1.807) is 31.1 Å². The molecule has 1 fully saturated rings. The minimum atomic E-state index is -0.488. The Kier molecular flexibility index (Phi) is 6.78. The van der Waals surface area contributed by atoms with Crippen LogP contribution in [0.5, 0.6) is 5.88 Å². The fraction of sp³-hybridized carbons (Fsp3) is 0.455. The molecule has 0 bridgehead atoms. The number of anilines is 2. The van der Waals surface area contributed by atoms with Crippen molar-refractivity contribution < 1.29 is 28.3 Å². The summed E-state index contributed by atoms with van der Waals surface area (Å²) in [7, 11) is 1.57. The highest BCUT2D eigenvalue weighted by atomic mass is 16.5. The molecule has 0 aromatic carbocycles. The Morgan fingerprint density at radius 3 is 2.73 bits per heavy atom. The maximum absolute atomic E-state index is 13.0. The number of aromatic nitrogens is 1. The van der Waals surface area contributed by atoms with Gasteiger partial charge in [0, 0.05) is 53.2 Å². The molecule has 4 heterocycles. The summed E-state index contributed by atoms with van der Waals surface area (Å²) in [6, 6.07) is 3.51. The molecule has 11 nitrogen and oxygen atoms in total. The minimum absolute atomic E-state index is 0.0550. The van der Waals surface area contributed by atoms with Gasteiger partial charge in [-0.15, -0.1) is 0 Å². The van der Waals surface area contributed by atoms with Crippen molar-refractivity contribution in [2.45, 2.75) is 13.3 Å². The number of piperazine rings is 1. The number of hydrogen-bond donors (Lipinski definition) is 2. The van der Waals surface area contributed by atoms with Crippen molar-refractivity contribution in [3.8, 4) is 5.88 Å². The monoisotopic (exact) mass is 457 g/mol. The Balaban J connectivity index is 1.53. The maximum atomic E-state index is 13.0.